The van der Waals surface area contributed by atoms with Crippen LogP contribution in [-0.2, 0) is 0 Å². The second-order valence-electron chi connectivity index (χ2n) is 6.99. The van der Waals surface area contributed by atoms with Crippen LogP contribution < -0.4 is 10.6 Å². The highest BCUT2D eigenvalue weighted by molar-refractivity contribution is 14.0. The van der Waals surface area contributed by atoms with Crippen molar-refractivity contribution in [1.82, 2.24) is 15.5 Å². The van der Waals surface area contributed by atoms with Crippen molar-refractivity contribution in [3.8, 4) is 0 Å². The van der Waals surface area contributed by atoms with Crippen molar-refractivity contribution < 1.29 is 0 Å². The average Bonchev–Trinajstić information content (AvgIpc) is 3.34. The maximum Gasteiger partial charge on any atom is 0.191 e. The minimum atomic E-state index is 0. The van der Waals surface area contributed by atoms with Crippen molar-refractivity contribution in [3.05, 3.63) is 0 Å². The molecule has 22 heavy (non-hydrogen) atoms. The van der Waals surface area contributed by atoms with Crippen molar-refractivity contribution in [2.24, 2.45) is 10.9 Å². The van der Waals surface area contributed by atoms with Crippen LogP contribution in [0.15, 0.2) is 4.99 Å². The van der Waals surface area contributed by atoms with Crippen LogP contribution in [0.2, 0.25) is 0 Å². The maximum absolute atomic E-state index is 4.32. The van der Waals surface area contributed by atoms with E-state index < -0.39 is 0 Å². The van der Waals surface area contributed by atoms with Crippen LogP contribution in [-0.4, -0.2) is 61.1 Å². The molecular weight excluding hydrogens is 407 g/mol. The molecule has 2 saturated carbocycles. The summed E-state index contributed by atoms with van der Waals surface area (Å²) in [6.07, 6.45) is 7.86. The van der Waals surface area contributed by atoms with E-state index in [0.717, 1.165) is 37.6 Å². The molecule has 6 heteroatoms. The van der Waals surface area contributed by atoms with Crippen LogP contribution in [0.4, 0.5) is 0 Å². The number of thioether (sulfide) groups is 1. The van der Waals surface area contributed by atoms with Crippen LogP contribution >= 0.6 is 35.7 Å². The van der Waals surface area contributed by atoms with Crippen LogP contribution in [0.3, 0.4) is 0 Å². The Morgan fingerprint density at radius 2 is 1.91 bits per heavy atom. The summed E-state index contributed by atoms with van der Waals surface area (Å²) >= 11 is 1.88. The number of aliphatic imine (C=N–C) groups is 1. The zero-order valence-corrected chi connectivity index (χ0v) is 17.7. The zero-order chi connectivity index (χ0) is 15.3. The Morgan fingerprint density at radius 3 is 2.41 bits per heavy atom. The normalized spacial score (nSPS) is 19.0. The molecule has 0 saturated heterocycles. The Bertz CT molecular complexity index is 354. The van der Waals surface area contributed by atoms with E-state index in [0.29, 0.717) is 0 Å². The highest BCUT2D eigenvalue weighted by Crippen LogP contribution is 2.34. The van der Waals surface area contributed by atoms with E-state index in [4.69, 9.17) is 0 Å². The Balaban J connectivity index is 0.00000242. The first-order valence-electron chi connectivity index (χ1n) is 8.28. The van der Waals surface area contributed by atoms with E-state index in [-0.39, 0.29) is 28.7 Å². The van der Waals surface area contributed by atoms with Crippen LogP contribution in [0, 0.1) is 5.92 Å². The van der Waals surface area contributed by atoms with Gasteiger partial charge in [0.25, 0.3) is 0 Å². The van der Waals surface area contributed by atoms with E-state index in [2.05, 4.69) is 40.6 Å². The monoisotopic (exact) mass is 440 g/mol. The summed E-state index contributed by atoms with van der Waals surface area (Å²) in [5.41, 5.74) is 0. The molecule has 0 aromatic rings. The predicted molar refractivity (Wildman–Crippen MR) is 110 cm³/mol. The van der Waals surface area contributed by atoms with Crippen molar-refractivity contribution in [2.45, 2.75) is 50.3 Å². The molecule has 2 N–H and O–H groups in total. The molecule has 0 aromatic heterocycles. The fraction of sp³-hybridized carbons (Fsp3) is 0.938. The Hall–Kier alpha value is 0.310. The van der Waals surface area contributed by atoms with Gasteiger partial charge >= 0.3 is 0 Å². The number of hydrogen-bond acceptors (Lipinski definition) is 3. The quantitative estimate of drug-likeness (QED) is 0.329. The number of rotatable bonds is 9. The summed E-state index contributed by atoms with van der Waals surface area (Å²) in [6.45, 7) is 8.89. The van der Waals surface area contributed by atoms with Crippen molar-refractivity contribution in [1.29, 1.82) is 0 Å². The molecule has 130 valence electrons. The first kappa shape index (κ1) is 20.4. The van der Waals surface area contributed by atoms with Gasteiger partial charge in [0.15, 0.2) is 5.96 Å². The van der Waals surface area contributed by atoms with Crippen molar-refractivity contribution >= 4 is 41.7 Å². The van der Waals surface area contributed by atoms with Crippen LogP contribution in [0.5, 0.6) is 0 Å². The van der Waals surface area contributed by atoms with Crippen molar-refractivity contribution in [2.75, 3.05) is 39.5 Å². The van der Waals surface area contributed by atoms with E-state index >= 15 is 0 Å². The minimum absolute atomic E-state index is 0. The number of nitrogens with one attached hydrogen (secondary N) is 2. The first-order chi connectivity index (χ1) is 10.0. The Kier molecular flexibility index (Phi) is 8.85. The molecular formula is C16H33IN4S. The van der Waals surface area contributed by atoms with Gasteiger partial charge in [0.2, 0.25) is 0 Å². The summed E-state index contributed by atoms with van der Waals surface area (Å²) in [5, 5.41) is 6.89. The van der Waals surface area contributed by atoms with Gasteiger partial charge in [0.05, 0.1) is 0 Å². The highest BCUT2D eigenvalue weighted by atomic mass is 127. The van der Waals surface area contributed by atoms with Crippen molar-refractivity contribution in [3.63, 3.8) is 0 Å². The van der Waals surface area contributed by atoms with Gasteiger partial charge in [-0.3, -0.25) is 9.89 Å². The van der Waals surface area contributed by atoms with Gasteiger partial charge in [0.1, 0.15) is 0 Å². The van der Waals surface area contributed by atoms with E-state index in [9.17, 15) is 0 Å². The van der Waals surface area contributed by atoms with E-state index in [1.807, 2.05) is 18.8 Å². The molecule has 2 fully saturated rings. The van der Waals surface area contributed by atoms with Gasteiger partial charge in [-0.05, 0) is 51.7 Å². The lowest BCUT2D eigenvalue weighted by Crippen LogP contribution is -2.45. The average molecular weight is 440 g/mol. The summed E-state index contributed by atoms with van der Waals surface area (Å²) in [7, 11) is 1.85. The molecule has 2 aliphatic rings. The number of halogens is 1. The maximum atomic E-state index is 4.32. The SMILES string of the molecule is CN=C(NCCN(CC1CC1)C1CC1)NCC(C)(C)SC.I. The topological polar surface area (TPSA) is 39.7 Å². The van der Waals surface area contributed by atoms with Gasteiger partial charge in [-0.2, -0.15) is 11.8 Å². The molecule has 0 aromatic carbocycles. The third kappa shape index (κ3) is 7.73. The molecule has 2 aliphatic carbocycles. The lowest BCUT2D eigenvalue weighted by Gasteiger charge is -2.25. The van der Waals surface area contributed by atoms with Crippen LogP contribution in [0.25, 0.3) is 0 Å². The molecule has 0 unspecified atom stereocenters. The summed E-state index contributed by atoms with van der Waals surface area (Å²) in [5.74, 6) is 1.92. The fourth-order valence-corrected chi connectivity index (χ4v) is 2.62. The molecule has 0 radical (unpaired) electrons. The third-order valence-corrected chi connectivity index (χ3v) is 5.65. The predicted octanol–water partition coefficient (Wildman–Crippen LogP) is 2.79. The van der Waals surface area contributed by atoms with Gasteiger partial charge in [-0.25, -0.2) is 0 Å². The smallest absolute Gasteiger partial charge is 0.191 e. The van der Waals surface area contributed by atoms with Gasteiger partial charge < -0.3 is 10.6 Å². The zero-order valence-electron chi connectivity index (χ0n) is 14.5. The first-order valence-corrected chi connectivity index (χ1v) is 9.50. The molecule has 4 nitrogen and oxygen atoms in total. The Labute approximate surface area is 157 Å². The fourth-order valence-electron chi connectivity index (χ4n) is 2.40. The molecule has 0 heterocycles. The van der Waals surface area contributed by atoms with Gasteiger partial charge in [0, 0.05) is 44.0 Å². The summed E-state index contributed by atoms with van der Waals surface area (Å²) in [4.78, 5) is 7.01. The number of guanidine groups is 1. The van der Waals surface area contributed by atoms with Crippen LogP contribution in [0.1, 0.15) is 39.5 Å². The van der Waals surface area contributed by atoms with E-state index in [1.54, 1.807) is 0 Å². The molecule has 0 aliphatic heterocycles. The molecule has 0 amide bonds. The second-order valence-corrected chi connectivity index (χ2v) is 8.50. The standard InChI is InChI=1S/C16H32N4S.HI/c1-16(2,21-4)12-19-15(17-3)18-9-10-20(14-7-8-14)11-13-5-6-13;/h13-14H,5-12H2,1-4H3,(H2,17,18,19);1H. The Morgan fingerprint density at radius 1 is 1.23 bits per heavy atom. The number of nitrogens with zero attached hydrogens (tertiary/aromatic N) is 2. The summed E-state index contributed by atoms with van der Waals surface area (Å²) < 4.78 is 0.240. The van der Waals surface area contributed by atoms with Gasteiger partial charge in [-0.15, -0.1) is 24.0 Å². The number of hydrogen-bond donors (Lipinski definition) is 2. The molecule has 0 bridgehead atoms. The minimum Gasteiger partial charge on any atom is -0.355 e. The lowest BCUT2D eigenvalue weighted by atomic mass is 10.2. The molecule has 0 atom stereocenters. The van der Waals surface area contributed by atoms with E-state index in [1.165, 1.54) is 32.2 Å². The highest BCUT2D eigenvalue weighted by Gasteiger charge is 2.33. The van der Waals surface area contributed by atoms with Gasteiger partial charge in [-0.1, -0.05) is 0 Å². The largest absolute Gasteiger partial charge is 0.355 e. The third-order valence-electron chi connectivity index (χ3n) is 4.40. The second kappa shape index (κ2) is 9.57. The molecule has 0 spiro atoms. The summed E-state index contributed by atoms with van der Waals surface area (Å²) in [6, 6.07) is 0.873. The lowest BCUT2D eigenvalue weighted by molar-refractivity contribution is 0.256. The molecule has 2 rings (SSSR count).